The molecule has 0 fully saturated rings. The first-order valence-electron chi connectivity index (χ1n) is 6.46. The minimum absolute atomic E-state index is 0.0236. The molecule has 112 valence electrons. The van der Waals surface area contributed by atoms with Gasteiger partial charge in [-0.2, -0.15) is 0 Å². The SMILES string of the molecule is NS(=O)(=O)c1ccc(OCCCc2ccccc2)c(F)c1. The van der Waals surface area contributed by atoms with Crippen molar-refractivity contribution >= 4 is 10.0 Å². The number of benzene rings is 2. The zero-order valence-electron chi connectivity index (χ0n) is 11.3. The smallest absolute Gasteiger partial charge is 0.238 e. The summed E-state index contributed by atoms with van der Waals surface area (Å²) in [4.78, 5) is -0.267. The van der Waals surface area contributed by atoms with Gasteiger partial charge in [0.2, 0.25) is 10.0 Å². The van der Waals surface area contributed by atoms with E-state index < -0.39 is 15.8 Å². The molecule has 0 aliphatic heterocycles. The minimum Gasteiger partial charge on any atom is -0.491 e. The summed E-state index contributed by atoms with van der Waals surface area (Å²) in [7, 11) is -3.90. The van der Waals surface area contributed by atoms with Crippen LogP contribution in [0.3, 0.4) is 0 Å². The number of hydrogen-bond acceptors (Lipinski definition) is 3. The maximum Gasteiger partial charge on any atom is 0.238 e. The highest BCUT2D eigenvalue weighted by atomic mass is 32.2. The van der Waals surface area contributed by atoms with Gasteiger partial charge in [-0.1, -0.05) is 30.3 Å². The second-order valence-corrected chi connectivity index (χ2v) is 6.14. The molecular formula is C15H16FNO3S. The normalized spacial score (nSPS) is 11.3. The summed E-state index contributed by atoms with van der Waals surface area (Å²) in [5, 5.41) is 4.93. The van der Waals surface area contributed by atoms with Gasteiger partial charge in [-0.05, 0) is 36.6 Å². The lowest BCUT2D eigenvalue weighted by Gasteiger charge is -2.08. The first kappa shape index (κ1) is 15.5. The molecule has 2 rings (SSSR count). The van der Waals surface area contributed by atoms with Crippen molar-refractivity contribution in [1.29, 1.82) is 0 Å². The number of halogens is 1. The topological polar surface area (TPSA) is 69.4 Å². The maximum absolute atomic E-state index is 13.7. The lowest BCUT2D eigenvalue weighted by molar-refractivity contribution is 0.295. The van der Waals surface area contributed by atoms with Gasteiger partial charge in [0, 0.05) is 0 Å². The Morgan fingerprint density at radius 2 is 1.81 bits per heavy atom. The van der Waals surface area contributed by atoms with Gasteiger partial charge in [0.25, 0.3) is 0 Å². The van der Waals surface area contributed by atoms with Crippen LogP contribution in [-0.4, -0.2) is 15.0 Å². The summed E-state index contributed by atoms with van der Waals surface area (Å²) in [5.74, 6) is -0.711. The zero-order valence-corrected chi connectivity index (χ0v) is 12.1. The van der Waals surface area contributed by atoms with Crippen LogP contribution in [0.1, 0.15) is 12.0 Å². The third kappa shape index (κ3) is 4.54. The van der Waals surface area contributed by atoms with Gasteiger partial charge in [-0.15, -0.1) is 0 Å². The van der Waals surface area contributed by atoms with Crippen LogP contribution in [0.15, 0.2) is 53.4 Å². The molecule has 21 heavy (non-hydrogen) atoms. The van der Waals surface area contributed by atoms with Crippen molar-refractivity contribution in [3.05, 3.63) is 59.9 Å². The molecule has 2 aromatic carbocycles. The Morgan fingerprint density at radius 3 is 2.43 bits per heavy atom. The molecule has 6 heteroatoms. The second kappa shape index (κ2) is 6.69. The second-order valence-electron chi connectivity index (χ2n) is 4.57. The van der Waals surface area contributed by atoms with Crippen LogP contribution in [0, 0.1) is 5.82 Å². The molecule has 2 N–H and O–H groups in total. The molecule has 0 spiro atoms. The Labute approximate surface area is 123 Å². The van der Waals surface area contributed by atoms with Gasteiger partial charge in [0.05, 0.1) is 11.5 Å². The number of aryl methyl sites for hydroxylation is 1. The first-order chi connectivity index (χ1) is 9.97. The summed E-state index contributed by atoms with van der Waals surface area (Å²) in [5.41, 5.74) is 1.19. The van der Waals surface area contributed by atoms with Gasteiger partial charge in [-0.25, -0.2) is 17.9 Å². The highest BCUT2D eigenvalue weighted by Crippen LogP contribution is 2.20. The Hall–Kier alpha value is -1.92. The van der Waals surface area contributed by atoms with Crippen LogP contribution >= 0.6 is 0 Å². The first-order valence-corrected chi connectivity index (χ1v) is 8.00. The summed E-state index contributed by atoms with van der Waals surface area (Å²) in [6.07, 6.45) is 1.57. The van der Waals surface area contributed by atoms with Crippen LogP contribution in [0.2, 0.25) is 0 Å². The molecule has 0 bridgehead atoms. The molecule has 0 unspecified atom stereocenters. The predicted molar refractivity (Wildman–Crippen MR) is 78.0 cm³/mol. The minimum atomic E-state index is -3.90. The molecule has 0 saturated carbocycles. The fourth-order valence-electron chi connectivity index (χ4n) is 1.88. The number of nitrogens with two attached hydrogens (primary N) is 1. The van der Waals surface area contributed by atoms with E-state index in [2.05, 4.69) is 0 Å². The molecule has 0 aliphatic rings. The lowest BCUT2D eigenvalue weighted by Crippen LogP contribution is -2.12. The largest absolute Gasteiger partial charge is 0.491 e. The fourth-order valence-corrected chi connectivity index (χ4v) is 2.40. The van der Waals surface area contributed by atoms with Crippen molar-refractivity contribution in [3.63, 3.8) is 0 Å². The summed E-state index contributed by atoms with van der Waals surface area (Å²) in [6, 6.07) is 13.3. The van der Waals surface area contributed by atoms with E-state index in [-0.39, 0.29) is 10.6 Å². The number of hydrogen-bond donors (Lipinski definition) is 1. The quantitative estimate of drug-likeness (QED) is 0.833. The van der Waals surface area contributed by atoms with Crippen LogP contribution in [0.4, 0.5) is 4.39 Å². The molecule has 0 aliphatic carbocycles. The molecule has 4 nitrogen and oxygen atoms in total. The Kier molecular flexibility index (Phi) is 4.93. The third-order valence-electron chi connectivity index (χ3n) is 2.94. The van der Waals surface area contributed by atoms with Crippen molar-refractivity contribution in [2.24, 2.45) is 5.14 Å². The standard InChI is InChI=1S/C15H16FNO3S/c16-14-11-13(21(17,18)19)8-9-15(14)20-10-4-7-12-5-2-1-3-6-12/h1-3,5-6,8-9,11H,4,7,10H2,(H2,17,18,19). The van der Waals surface area contributed by atoms with Crippen molar-refractivity contribution in [2.75, 3.05) is 6.61 Å². The van der Waals surface area contributed by atoms with Gasteiger partial charge in [0.15, 0.2) is 11.6 Å². The average Bonchev–Trinajstić information content (AvgIpc) is 2.45. The molecule has 0 amide bonds. The zero-order chi connectivity index (χ0) is 15.3. The van der Waals surface area contributed by atoms with E-state index in [1.54, 1.807) is 0 Å². The van der Waals surface area contributed by atoms with Crippen molar-refractivity contribution in [2.45, 2.75) is 17.7 Å². The molecule has 0 saturated heterocycles. The monoisotopic (exact) mass is 309 g/mol. The van der Waals surface area contributed by atoms with Crippen molar-refractivity contribution in [1.82, 2.24) is 0 Å². The van der Waals surface area contributed by atoms with Gasteiger partial charge in [-0.3, -0.25) is 0 Å². The van der Waals surface area contributed by atoms with E-state index >= 15 is 0 Å². The molecule has 0 heterocycles. The molecule has 0 radical (unpaired) electrons. The maximum atomic E-state index is 13.7. The number of sulfonamides is 1. The molecular weight excluding hydrogens is 293 g/mol. The molecule has 0 aromatic heterocycles. The van der Waals surface area contributed by atoms with Crippen LogP contribution in [0.25, 0.3) is 0 Å². The van der Waals surface area contributed by atoms with Crippen LogP contribution in [-0.2, 0) is 16.4 Å². The van der Waals surface area contributed by atoms with Gasteiger partial charge in [0.1, 0.15) is 0 Å². The van der Waals surface area contributed by atoms with Crippen LogP contribution in [0.5, 0.6) is 5.75 Å². The van der Waals surface area contributed by atoms with E-state index in [4.69, 9.17) is 9.88 Å². The van der Waals surface area contributed by atoms with E-state index in [1.807, 2.05) is 30.3 Å². The Balaban J connectivity index is 1.89. The average molecular weight is 309 g/mol. The van der Waals surface area contributed by atoms with E-state index in [1.165, 1.54) is 17.7 Å². The summed E-state index contributed by atoms with van der Waals surface area (Å²) >= 11 is 0. The predicted octanol–water partition coefficient (Wildman–Crippen LogP) is 2.48. The summed E-state index contributed by atoms with van der Waals surface area (Å²) in [6.45, 7) is 0.348. The third-order valence-corrected chi connectivity index (χ3v) is 3.85. The molecule has 2 aromatic rings. The Morgan fingerprint density at radius 1 is 1.10 bits per heavy atom. The van der Waals surface area contributed by atoms with E-state index in [0.717, 1.165) is 18.9 Å². The lowest BCUT2D eigenvalue weighted by atomic mass is 10.1. The fraction of sp³-hybridized carbons (Fsp3) is 0.200. The molecule has 0 atom stereocenters. The van der Waals surface area contributed by atoms with E-state index in [0.29, 0.717) is 6.61 Å². The van der Waals surface area contributed by atoms with Gasteiger partial charge < -0.3 is 4.74 Å². The highest BCUT2D eigenvalue weighted by Gasteiger charge is 2.12. The number of rotatable bonds is 6. The summed E-state index contributed by atoms with van der Waals surface area (Å²) < 4.78 is 41.2. The van der Waals surface area contributed by atoms with Crippen molar-refractivity contribution in [3.8, 4) is 5.75 Å². The van der Waals surface area contributed by atoms with Crippen LogP contribution < -0.4 is 9.88 Å². The Bertz CT molecular complexity index is 702. The highest BCUT2D eigenvalue weighted by molar-refractivity contribution is 7.89. The number of primary sulfonamides is 1. The van der Waals surface area contributed by atoms with Gasteiger partial charge >= 0.3 is 0 Å². The van der Waals surface area contributed by atoms with Crippen molar-refractivity contribution < 1.29 is 17.5 Å². The number of ether oxygens (including phenoxy) is 1. The van der Waals surface area contributed by atoms with E-state index in [9.17, 15) is 12.8 Å².